The van der Waals surface area contributed by atoms with Gasteiger partial charge in [0.1, 0.15) is 0 Å². The van der Waals surface area contributed by atoms with Gasteiger partial charge in [-0.05, 0) is 18.6 Å². The Morgan fingerprint density at radius 3 is 2.80 bits per heavy atom. The van der Waals surface area contributed by atoms with Crippen molar-refractivity contribution >= 4 is 22.4 Å². The van der Waals surface area contributed by atoms with Gasteiger partial charge in [0.2, 0.25) is 0 Å². The van der Waals surface area contributed by atoms with Crippen molar-refractivity contribution in [2.75, 3.05) is 11.5 Å². The lowest BCUT2D eigenvalue weighted by Gasteiger charge is -2.29. The zero-order valence-electron chi connectivity index (χ0n) is 8.57. The SMILES string of the molecule is CC1CS(=O)CC(c2ccccc2Cl)N1. The van der Waals surface area contributed by atoms with Crippen molar-refractivity contribution in [2.45, 2.75) is 19.0 Å². The minimum Gasteiger partial charge on any atom is -0.306 e. The Hall–Kier alpha value is -0.380. The normalized spacial score (nSPS) is 31.5. The summed E-state index contributed by atoms with van der Waals surface area (Å²) < 4.78 is 11.6. The first-order valence-corrected chi connectivity index (χ1v) is 6.89. The quantitative estimate of drug-likeness (QED) is 0.819. The molecule has 0 amide bonds. The Morgan fingerprint density at radius 2 is 2.13 bits per heavy atom. The van der Waals surface area contributed by atoms with Crippen LogP contribution >= 0.6 is 11.6 Å². The molecule has 3 unspecified atom stereocenters. The van der Waals surface area contributed by atoms with Gasteiger partial charge in [-0.15, -0.1) is 0 Å². The van der Waals surface area contributed by atoms with E-state index >= 15 is 0 Å². The monoisotopic (exact) mass is 243 g/mol. The smallest absolute Gasteiger partial charge is 0.0454 e. The van der Waals surface area contributed by atoms with E-state index in [9.17, 15) is 4.21 Å². The molecule has 0 radical (unpaired) electrons. The molecular weight excluding hydrogens is 230 g/mol. The zero-order chi connectivity index (χ0) is 10.8. The van der Waals surface area contributed by atoms with Crippen LogP contribution in [0.15, 0.2) is 24.3 Å². The fourth-order valence-corrected chi connectivity index (χ4v) is 3.61. The number of hydrogen-bond acceptors (Lipinski definition) is 2. The van der Waals surface area contributed by atoms with Crippen LogP contribution in [-0.2, 0) is 10.8 Å². The lowest BCUT2D eigenvalue weighted by molar-refractivity contribution is 0.490. The number of benzene rings is 1. The van der Waals surface area contributed by atoms with Crippen LogP contribution in [0.4, 0.5) is 0 Å². The predicted molar refractivity (Wildman–Crippen MR) is 64.7 cm³/mol. The van der Waals surface area contributed by atoms with E-state index in [4.69, 9.17) is 11.6 Å². The summed E-state index contributed by atoms with van der Waals surface area (Å²) >= 11 is 6.11. The highest BCUT2D eigenvalue weighted by Gasteiger charge is 2.25. The fourth-order valence-electron chi connectivity index (χ4n) is 1.91. The topological polar surface area (TPSA) is 29.1 Å². The van der Waals surface area contributed by atoms with Crippen molar-refractivity contribution in [3.8, 4) is 0 Å². The summed E-state index contributed by atoms with van der Waals surface area (Å²) in [5, 5.41) is 4.18. The van der Waals surface area contributed by atoms with Crippen LogP contribution in [0.1, 0.15) is 18.5 Å². The van der Waals surface area contributed by atoms with Gasteiger partial charge in [0, 0.05) is 39.4 Å². The summed E-state index contributed by atoms with van der Waals surface area (Å²) in [7, 11) is -0.730. The first-order valence-electron chi connectivity index (χ1n) is 5.02. The van der Waals surface area contributed by atoms with E-state index in [2.05, 4.69) is 12.2 Å². The molecule has 1 aliphatic heterocycles. The van der Waals surface area contributed by atoms with Crippen molar-refractivity contribution in [2.24, 2.45) is 0 Å². The molecule has 1 fully saturated rings. The minimum atomic E-state index is -0.730. The molecule has 1 aliphatic rings. The Balaban J connectivity index is 2.23. The van der Waals surface area contributed by atoms with Gasteiger partial charge in [-0.2, -0.15) is 0 Å². The van der Waals surface area contributed by atoms with Gasteiger partial charge in [-0.1, -0.05) is 29.8 Å². The maximum absolute atomic E-state index is 11.6. The molecule has 4 heteroatoms. The Kier molecular flexibility index (Phi) is 3.44. The second kappa shape index (κ2) is 4.64. The van der Waals surface area contributed by atoms with Gasteiger partial charge >= 0.3 is 0 Å². The van der Waals surface area contributed by atoms with Gasteiger partial charge in [-0.3, -0.25) is 4.21 Å². The molecule has 0 saturated carbocycles. The molecule has 0 spiro atoms. The molecule has 1 aromatic rings. The first-order chi connectivity index (χ1) is 7.16. The van der Waals surface area contributed by atoms with Crippen LogP contribution in [0.25, 0.3) is 0 Å². The van der Waals surface area contributed by atoms with Crippen LogP contribution in [0.5, 0.6) is 0 Å². The molecule has 82 valence electrons. The molecule has 1 heterocycles. The van der Waals surface area contributed by atoms with Gasteiger partial charge in [0.05, 0.1) is 0 Å². The summed E-state index contributed by atoms with van der Waals surface area (Å²) in [5.41, 5.74) is 1.05. The highest BCUT2D eigenvalue weighted by Crippen LogP contribution is 2.25. The van der Waals surface area contributed by atoms with Crippen molar-refractivity contribution in [1.82, 2.24) is 5.32 Å². The van der Waals surface area contributed by atoms with E-state index in [1.165, 1.54) is 0 Å². The molecule has 0 aliphatic carbocycles. The van der Waals surface area contributed by atoms with Crippen LogP contribution in [0.3, 0.4) is 0 Å². The molecule has 15 heavy (non-hydrogen) atoms. The molecular formula is C11H14ClNOS. The standard InChI is InChI=1S/C11H14ClNOS/c1-8-6-15(14)7-11(13-8)9-4-2-3-5-10(9)12/h2-5,8,11,13H,6-7H2,1H3. The largest absolute Gasteiger partial charge is 0.306 e. The van der Waals surface area contributed by atoms with Crippen molar-refractivity contribution < 1.29 is 4.21 Å². The van der Waals surface area contributed by atoms with Gasteiger partial charge in [0.15, 0.2) is 0 Å². The van der Waals surface area contributed by atoms with E-state index in [1.807, 2.05) is 24.3 Å². The number of nitrogens with one attached hydrogen (secondary N) is 1. The molecule has 0 aromatic heterocycles. The second-order valence-electron chi connectivity index (χ2n) is 3.91. The Bertz CT molecular complexity index is 383. The highest BCUT2D eigenvalue weighted by atomic mass is 35.5. The summed E-state index contributed by atoms with van der Waals surface area (Å²) in [6.45, 7) is 2.06. The molecule has 0 bridgehead atoms. The first kappa shape index (κ1) is 11.1. The second-order valence-corrected chi connectivity index (χ2v) is 5.87. The predicted octanol–water partition coefficient (Wildman–Crippen LogP) is 2.12. The molecule has 2 nitrogen and oxygen atoms in total. The molecule has 2 rings (SSSR count). The number of hydrogen-bond donors (Lipinski definition) is 1. The van der Waals surface area contributed by atoms with E-state index in [0.29, 0.717) is 11.8 Å². The summed E-state index contributed by atoms with van der Waals surface area (Å²) in [6.07, 6.45) is 0. The van der Waals surface area contributed by atoms with E-state index in [0.717, 1.165) is 16.3 Å². The third kappa shape index (κ3) is 2.60. The molecule has 3 atom stereocenters. The van der Waals surface area contributed by atoms with E-state index < -0.39 is 10.8 Å². The zero-order valence-corrected chi connectivity index (χ0v) is 10.1. The fraction of sp³-hybridized carbons (Fsp3) is 0.455. The van der Waals surface area contributed by atoms with Crippen LogP contribution in [-0.4, -0.2) is 21.8 Å². The Labute approximate surface area is 97.5 Å². The summed E-state index contributed by atoms with van der Waals surface area (Å²) in [6, 6.07) is 8.17. The molecule has 1 saturated heterocycles. The minimum absolute atomic E-state index is 0.128. The maximum atomic E-state index is 11.6. The van der Waals surface area contributed by atoms with Crippen LogP contribution in [0.2, 0.25) is 5.02 Å². The van der Waals surface area contributed by atoms with Gasteiger partial charge in [-0.25, -0.2) is 0 Å². The van der Waals surface area contributed by atoms with E-state index in [1.54, 1.807) is 0 Å². The molecule has 1 N–H and O–H groups in total. The lowest BCUT2D eigenvalue weighted by atomic mass is 10.1. The number of rotatable bonds is 1. The highest BCUT2D eigenvalue weighted by molar-refractivity contribution is 7.85. The Morgan fingerprint density at radius 1 is 1.40 bits per heavy atom. The van der Waals surface area contributed by atoms with Crippen molar-refractivity contribution in [1.29, 1.82) is 0 Å². The van der Waals surface area contributed by atoms with Crippen molar-refractivity contribution in [3.63, 3.8) is 0 Å². The summed E-state index contributed by atoms with van der Waals surface area (Å²) in [5.74, 6) is 1.40. The lowest BCUT2D eigenvalue weighted by Crippen LogP contribution is -2.43. The van der Waals surface area contributed by atoms with E-state index in [-0.39, 0.29) is 6.04 Å². The van der Waals surface area contributed by atoms with Gasteiger partial charge < -0.3 is 5.32 Å². The maximum Gasteiger partial charge on any atom is 0.0454 e. The summed E-state index contributed by atoms with van der Waals surface area (Å²) in [4.78, 5) is 0. The number of halogens is 1. The average Bonchev–Trinajstić information content (AvgIpc) is 2.16. The average molecular weight is 244 g/mol. The van der Waals surface area contributed by atoms with Crippen LogP contribution in [0, 0.1) is 0 Å². The third-order valence-corrected chi connectivity index (χ3v) is 4.48. The molecule has 1 aromatic carbocycles. The van der Waals surface area contributed by atoms with Gasteiger partial charge in [0.25, 0.3) is 0 Å². The third-order valence-electron chi connectivity index (χ3n) is 2.55. The van der Waals surface area contributed by atoms with Crippen LogP contribution < -0.4 is 5.32 Å². The van der Waals surface area contributed by atoms with Crippen molar-refractivity contribution in [3.05, 3.63) is 34.9 Å².